The van der Waals surface area contributed by atoms with E-state index in [1.165, 1.54) is 25.7 Å². The van der Waals surface area contributed by atoms with Gasteiger partial charge in [0.05, 0.1) is 6.20 Å². The summed E-state index contributed by atoms with van der Waals surface area (Å²) in [4.78, 5) is 11.9. The Kier molecular flexibility index (Phi) is 4.79. The van der Waals surface area contributed by atoms with Gasteiger partial charge in [0.25, 0.3) is 0 Å². The van der Waals surface area contributed by atoms with Gasteiger partial charge < -0.3 is 5.32 Å². The van der Waals surface area contributed by atoms with Crippen molar-refractivity contribution in [2.75, 3.05) is 6.54 Å². The lowest BCUT2D eigenvalue weighted by Gasteiger charge is -2.15. The summed E-state index contributed by atoms with van der Waals surface area (Å²) in [6.07, 6.45) is 10.9. The Morgan fingerprint density at radius 2 is 2.33 bits per heavy atom. The van der Waals surface area contributed by atoms with Crippen LogP contribution in [0, 0.1) is 11.8 Å². The van der Waals surface area contributed by atoms with Crippen LogP contribution in [0.25, 0.3) is 0 Å². The average molecular weight is 249 g/mol. The van der Waals surface area contributed by atoms with Crippen molar-refractivity contribution in [3.05, 3.63) is 18.0 Å². The van der Waals surface area contributed by atoms with Crippen LogP contribution in [-0.2, 0) is 11.2 Å². The maximum atomic E-state index is 11.9. The zero-order valence-corrected chi connectivity index (χ0v) is 11.1. The number of rotatable bonds is 6. The van der Waals surface area contributed by atoms with Crippen LogP contribution in [0.3, 0.4) is 0 Å². The van der Waals surface area contributed by atoms with E-state index in [-0.39, 0.29) is 11.8 Å². The number of amides is 1. The summed E-state index contributed by atoms with van der Waals surface area (Å²) < 4.78 is 0. The number of carbonyl (C=O) groups is 1. The van der Waals surface area contributed by atoms with Crippen LogP contribution in [0.4, 0.5) is 0 Å². The second-order valence-corrected chi connectivity index (χ2v) is 5.43. The van der Waals surface area contributed by atoms with Crippen LogP contribution >= 0.6 is 0 Å². The smallest absolute Gasteiger partial charge is 0.222 e. The number of nitrogens with one attached hydrogen (secondary N) is 2. The van der Waals surface area contributed by atoms with Crippen LogP contribution in [0.15, 0.2) is 12.4 Å². The van der Waals surface area contributed by atoms with E-state index >= 15 is 0 Å². The van der Waals surface area contributed by atoms with E-state index < -0.39 is 0 Å². The molecule has 2 rings (SSSR count). The van der Waals surface area contributed by atoms with Gasteiger partial charge in [0, 0.05) is 18.7 Å². The molecule has 0 radical (unpaired) electrons. The molecule has 4 nitrogen and oxygen atoms in total. The number of H-pyrrole nitrogens is 1. The first-order valence-electron chi connectivity index (χ1n) is 7.01. The maximum absolute atomic E-state index is 11.9. The minimum Gasteiger partial charge on any atom is -0.356 e. The van der Waals surface area contributed by atoms with E-state index in [2.05, 4.69) is 15.5 Å². The third-order valence-electron chi connectivity index (χ3n) is 3.88. The van der Waals surface area contributed by atoms with Crippen molar-refractivity contribution in [2.45, 2.75) is 45.4 Å². The molecule has 18 heavy (non-hydrogen) atoms. The van der Waals surface area contributed by atoms with Crippen molar-refractivity contribution in [1.82, 2.24) is 15.5 Å². The predicted molar refractivity (Wildman–Crippen MR) is 71.0 cm³/mol. The van der Waals surface area contributed by atoms with Gasteiger partial charge >= 0.3 is 0 Å². The lowest BCUT2D eigenvalue weighted by Crippen LogP contribution is -2.31. The quantitative estimate of drug-likeness (QED) is 0.812. The Bertz CT molecular complexity index is 355. The standard InChI is InChI=1S/C14H23N3O/c1-11(8-12-4-2-3-5-12)14(18)15-7-6-13-9-16-17-10-13/h9-12H,2-8H2,1H3,(H,15,18)(H,16,17)/t11-/m0/s1. The third-order valence-corrected chi connectivity index (χ3v) is 3.88. The van der Waals surface area contributed by atoms with Gasteiger partial charge in [-0.15, -0.1) is 0 Å². The average Bonchev–Trinajstić information content (AvgIpc) is 3.01. The van der Waals surface area contributed by atoms with Crippen LogP contribution < -0.4 is 5.32 Å². The minimum atomic E-state index is 0.150. The van der Waals surface area contributed by atoms with Crippen LogP contribution in [0.2, 0.25) is 0 Å². The molecule has 1 aromatic rings. The van der Waals surface area contributed by atoms with Gasteiger partial charge in [0.15, 0.2) is 0 Å². The first-order chi connectivity index (χ1) is 8.75. The summed E-state index contributed by atoms with van der Waals surface area (Å²) in [5.41, 5.74) is 1.14. The fourth-order valence-electron chi connectivity index (χ4n) is 2.77. The van der Waals surface area contributed by atoms with E-state index in [0.717, 1.165) is 24.3 Å². The molecule has 0 aliphatic heterocycles. The second-order valence-electron chi connectivity index (χ2n) is 5.43. The molecular weight excluding hydrogens is 226 g/mol. The first kappa shape index (κ1) is 13.1. The zero-order valence-electron chi connectivity index (χ0n) is 11.1. The van der Waals surface area contributed by atoms with Crippen molar-refractivity contribution in [3.63, 3.8) is 0 Å². The van der Waals surface area contributed by atoms with Crippen LogP contribution in [0.1, 0.15) is 44.6 Å². The number of hydrogen-bond donors (Lipinski definition) is 2. The molecule has 1 amide bonds. The molecule has 0 unspecified atom stereocenters. The van der Waals surface area contributed by atoms with Gasteiger partial charge in [0.1, 0.15) is 0 Å². The highest BCUT2D eigenvalue weighted by molar-refractivity contribution is 5.78. The van der Waals surface area contributed by atoms with Gasteiger partial charge in [-0.2, -0.15) is 5.10 Å². The van der Waals surface area contributed by atoms with Crippen molar-refractivity contribution in [1.29, 1.82) is 0 Å². The fraction of sp³-hybridized carbons (Fsp3) is 0.714. The molecule has 0 bridgehead atoms. The maximum Gasteiger partial charge on any atom is 0.222 e. The largest absolute Gasteiger partial charge is 0.356 e. The number of aromatic nitrogens is 2. The number of nitrogens with zero attached hydrogens (tertiary/aromatic N) is 1. The molecule has 100 valence electrons. The molecular formula is C14H23N3O. The molecule has 1 aromatic heterocycles. The minimum absolute atomic E-state index is 0.150. The summed E-state index contributed by atoms with van der Waals surface area (Å²) in [6.45, 7) is 2.75. The van der Waals surface area contributed by atoms with Gasteiger partial charge in [-0.25, -0.2) is 0 Å². The Hall–Kier alpha value is -1.32. The molecule has 1 heterocycles. The SMILES string of the molecule is C[C@@H](CC1CCCC1)C(=O)NCCc1cn[nH]c1. The summed E-state index contributed by atoms with van der Waals surface area (Å²) in [6, 6.07) is 0. The monoisotopic (exact) mass is 249 g/mol. The molecule has 0 aromatic carbocycles. The van der Waals surface area contributed by atoms with Crippen molar-refractivity contribution in [2.24, 2.45) is 11.8 Å². The van der Waals surface area contributed by atoms with Gasteiger partial charge in [0.2, 0.25) is 5.91 Å². The molecule has 1 aliphatic carbocycles. The van der Waals surface area contributed by atoms with E-state index in [4.69, 9.17) is 0 Å². The highest BCUT2D eigenvalue weighted by Crippen LogP contribution is 2.30. The van der Waals surface area contributed by atoms with E-state index in [1.807, 2.05) is 13.1 Å². The van der Waals surface area contributed by atoms with Crippen LogP contribution in [0.5, 0.6) is 0 Å². The Balaban J connectivity index is 1.64. The number of aromatic amines is 1. The molecule has 0 spiro atoms. The second kappa shape index (κ2) is 6.57. The molecule has 1 atom stereocenters. The topological polar surface area (TPSA) is 57.8 Å². The Morgan fingerprint density at radius 3 is 3.00 bits per heavy atom. The summed E-state index contributed by atoms with van der Waals surface area (Å²) >= 11 is 0. The number of hydrogen-bond acceptors (Lipinski definition) is 2. The molecule has 1 fully saturated rings. The van der Waals surface area contributed by atoms with Crippen LogP contribution in [-0.4, -0.2) is 22.6 Å². The molecule has 1 saturated carbocycles. The Labute approximate surface area is 109 Å². The molecule has 4 heteroatoms. The molecule has 1 aliphatic rings. The molecule has 0 saturated heterocycles. The van der Waals surface area contributed by atoms with Gasteiger partial charge in [-0.05, 0) is 24.3 Å². The fourth-order valence-corrected chi connectivity index (χ4v) is 2.77. The first-order valence-corrected chi connectivity index (χ1v) is 7.01. The highest BCUT2D eigenvalue weighted by atomic mass is 16.1. The lowest BCUT2D eigenvalue weighted by atomic mass is 9.94. The predicted octanol–water partition coefficient (Wildman–Crippen LogP) is 2.28. The summed E-state index contributed by atoms with van der Waals surface area (Å²) in [5.74, 6) is 1.13. The Morgan fingerprint density at radius 1 is 1.56 bits per heavy atom. The normalized spacial score (nSPS) is 17.8. The molecule has 2 N–H and O–H groups in total. The third kappa shape index (κ3) is 3.86. The van der Waals surface area contributed by atoms with E-state index in [9.17, 15) is 4.79 Å². The van der Waals surface area contributed by atoms with Crippen molar-refractivity contribution >= 4 is 5.91 Å². The highest BCUT2D eigenvalue weighted by Gasteiger charge is 2.21. The summed E-state index contributed by atoms with van der Waals surface area (Å²) in [5, 5.41) is 9.68. The van der Waals surface area contributed by atoms with Crippen molar-refractivity contribution in [3.8, 4) is 0 Å². The lowest BCUT2D eigenvalue weighted by molar-refractivity contribution is -0.124. The number of carbonyl (C=O) groups excluding carboxylic acids is 1. The van der Waals surface area contributed by atoms with Gasteiger partial charge in [-0.1, -0.05) is 32.6 Å². The van der Waals surface area contributed by atoms with Gasteiger partial charge in [-0.3, -0.25) is 9.89 Å². The summed E-state index contributed by atoms with van der Waals surface area (Å²) in [7, 11) is 0. The van der Waals surface area contributed by atoms with E-state index in [1.54, 1.807) is 6.20 Å². The zero-order chi connectivity index (χ0) is 12.8. The van der Waals surface area contributed by atoms with Crippen molar-refractivity contribution < 1.29 is 4.79 Å². The van der Waals surface area contributed by atoms with E-state index in [0.29, 0.717) is 6.54 Å².